The molecule has 3 heteroatoms. The van der Waals surface area contributed by atoms with Crippen molar-refractivity contribution in [2.24, 2.45) is 0 Å². The Morgan fingerprint density at radius 1 is 1.33 bits per heavy atom. The third-order valence-electron chi connectivity index (χ3n) is 3.54. The third kappa shape index (κ3) is 2.72. The maximum atomic E-state index is 11.6. The zero-order valence-corrected chi connectivity index (χ0v) is 11.2. The minimum Gasteiger partial charge on any atom is -0.377 e. The Morgan fingerprint density at radius 2 is 2.06 bits per heavy atom. The van der Waals surface area contributed by atoms with Gasteiger partial charge in [-0.05, 0) is 30.7 Å². The largest absolute Gasteiger partial charge is 0.377 e. The van der Waals surface area contributed by atoms with Crippen LogP contribution in [0.2, 0.25) is 0 Å². The molecule has 0 saturated carbocycles. The van der Waals surface area contributed by atoms with Crippen LogP contribution >= 0.6 is 0 Å². The molecule has 98 valence electrons. The number of anilines is 1. The summed E-state index contributed by atoms with van der Waals surface area (Å²) in [7, 11) is 0. The number of Topliss-reactive ketones (excluding diaryl/α,β-unsaturated/α-hetero) is 1. The van der Waals surface area contributed by atoms with Crippen LogP contribution in [0.15, 0.2) is 24.3 Å². The molecule has 0 aliphatic carbocycles. The number of hydrogen-bond acceptors (Lipinski definition) is 3. The minimum absolute atomic E-state index is 0.204. The number of nitrogens with zero attached hydrogens (tertiary/aromatic N) is 1. The van der Waals surface area contributed by atoms with E-state index in [1.54, 1.807) is 0 Å². The SMILES string of the molecule is CCC(=O)c1ccc(N2CCOCC2CC)cc1. The fourth-order valence-electron chi connectivity index (χ4n) is 2.38. The minimum atomic E-state index is 0.204. The molecular formula is C15H21NO2. The topological polar surface area (TPSA) is 29.5 Å². The third-order valence-corrected chi connectivity index (χ3v) is 3.54. The summed E-state index contributed by atoms with van der Waals surface area (Å²) in [5.74, 6) is 0.204. The molecule has 0 N–H and O–H groups in total. The molecule has 1 aliphatic heterocycles. The van der Waals surface area contributed by atoms with Crippen molar-refractivity contribution in [1.29, 1.82) is 0 Å². The predicted octanol–water partition coefficient (Wildman–Crippen LogP) is 2.89. The van der Waals surface area contributed by atoms with Gasteiger partial charge in [-0.1, -0.05) is 13.8 Å². The van der Waals surface area contributed by atoms with Crippen LogP contribution in [0.1, 0.15) is 37.0 Å². The van der Waals surface area contributed by atoms with Gasteiger partial charge in [0.25, 0.3) is 0 Å². The average molecular weight is 247 g/mol. The van der Waals surface area contributed by atoms with Crippen molar-refractivity contribution >= 4 is 11.5 Å². The van der Waals surface area contributed by atoms with Gasteiger partial charge in [-0.25, -0.2) is 0 Å². The second-order valence-electron chi connectivity index (χ2n) is 4.65. The van der Waals surface area contributed by atoms with Gasteiger partial charge in [0, 0.05) is 24.2 Å². The molecule has 3 nitrogen and oxygen atoms in total. The van der Waals surface area contributed by atoms with Crippen molar-refractivity contribution in [3.8, 4) is 0 Å². The summed E-state index contributed by atoms with van der Waals surface area (Å²) in [4.78, 5) is 14.0. The molecular weight excluding hydrogens is 226 g/mol. The van der Waals surface area contributed by atoms with Crippen molar-refractivity contribution in [2.75, 3.05) is 24.7 Å². The Kier molecular flexibility index (Phi) is 4.37. The highest BCUT2D eigenvalue weighted by Crippen LogP contribution is 2.22. The highest BCUT2D eigenvalue weighted by atomic mass is 16.5. The fourth-order valence-corrected chi connectivity index (χ4v) is 2.38. The fraction of sp³-hybridized carbons (Fsp3) is 0.533. The quantitative estimate of drug-likeness (QED) is 0.766. The van der Waals surface area contributed by atoms with Crippen molar-refractivity contribution < 1.29 is 9.53 Å². The molecule has 0 radical (unpaired) electrons. The van der Waals surface area contributed by atoms with Gasteiger partial charge < -0.3 is 9.64 Å². The normalized spacial score (nSPS) is 19.9. The van der Waals surface area contributed by atoms with Crippen LogP contribution in [-0.2, 0) is 4.74 Å². The van der Waals surface area contributed by atoms with Crippen LogP contribution in [0.3, 0.4) is 0 Å². The summed E-state index contributed by atoms with van der Waals surface area (Å²) in [5.41, 5.74) is 2.00. The number of benzene rings is 1. The number of hydrogen-bond donors (Lipinski definition) is 0. The van der Waals surface area contributed by atoms with Gasteiger partial charge in [0.2, 0.25) is 0 Å². The summed E-state index contributed by atoms with van der Waals surface area (Å²) < 4.78 is 5.51. The first-order valence-corrected chi connectivity index (χ1v) is 6.74. The van der Waals surface area contributed by atoms with Gasteiger partial charge in [0.05, 0.1) is 19.3 Å². The second-order valence-corrected chi connectivity index (χ2v) is 4.65. The first-order chi connectivity index (χ1) is 8.76. The Hall–Kier alpha value is -1.35. The summed E-state index contributed by atoms with van der Waals surface area (Å²) >= 11 is 0. The zero-order chi connectivity index (χ0) is 13.0. The molecule has 18 heavy (non-hydrogen) atoms. The second kappa shape index (κ2) is 6.01. The van der Waals surface area contributed by atoms with E-state index in [2.05, 4.69) is 24.0 Å². The van der Waals surface area contributed by atoms with E-state index in [1.807, 2.05) is 19.1 Å². The molecule has 0 aromatic heterocycles. The van der Waals surface area contributed by atoms with E-state index < -0.39 is 0 Å². The Bertz CT molecular complexity index is 399. The Balaban J connectivity index is 2.15. The molecule has 1 aromatic carbocycles. The number of carbonyl (C=O) groups excluding carboxylic acids is 1. The van der Waals surface area contributed by atoms with E-state index in [9.17, 15) is 4.79 Å². The van der Waals surface area contributed by atoms with Crippen LogP contribution in [-0.4, -0.2) is 31.6 Å². The first kappa shape index (κ1) is 13.1. The first-order valence-electron chi connectivity index (χ1n) is 6.74. The predicted molar refractivity (Wildman–Crippen MR) is 73.3 cm³/mol. The van der Waals surface area contributed by atoms with E-state index >= 15 is 0 Å². The maximum Gasteiger partial charge on any atom is 0.162 e. The molecule has 1 heterocycles. The zero-order valence-electron chi connectivity index (χ0n) is 11.2. The molecule has 0 spiro atoms. The Labute approximate surface area is 109 Å². The summed E-state index contributed by atoms with van der Waals surface area (Å²) in [5, 5.41) is 0. The molecule has 0 bridgehead atoms. The van der Waals surface area contributed by atoms with Gasteiger partial charge in [0.15, 0.2) is 5.78 Å². The molecule has 1 unspecified atom stereocenters. The van der Waals surface area contributed by atoms with Gasteiger partial charge in [-0.15, -0.1) is 0 Å². The lowest BCUT2D eigenvalue weighted by Crippen LogP contribution is -2.45. The summed E-state index contributed by atoms with van der Waals surface area (Å²) in [6.07, 6.45) is 1.64. The maximum absolute atomic E-state index is 11.6. The molecule has 1 aliphatic rings. The van der Waals surface area contributed by atoms with Crippen LogP contribution < -0.4 is 4.90 Å². The standard InChI is InChI=1S/C15H21NO2/c1-3-13-11-18-10-9-16(13)14-7-5-12(6-8-14)15(17)4-2/h5-8,13H,3-4,9-11H2,1-2H3. The van der Waals surface area contributed by atoms with Crippen molar-refractivity contribution in [1.82, 2.24) is 0 Å². The van der Waals surface area contributed by atoms with Gasteiger partial charge >= 0.3 is 0 Å². The van der Waals surface area contributed by atoms with Gasteiger partial charge in [0.1, 0.15) is 0 Å². The number of ketones is 1. The smallest absolute Gasteiger partial charge is 0.162 e. The van der Waals surface area contributed by atoms with Crippen molar-refractivity contribution in [2.45, 2.75) is 32.7 Å². The molecule has 2 rings (SSSR count). The molecule has 1 atom stereocenters. The van der Waals surface area contributed by atoms with Gasteiger partial charge in [-0.3, -0.25) is 4.79 Å². The molecule has 1 saturated heterocycles. The van der Waals surface area contributed by atoms with E-state index in [4.69, 9.17) is 4.74 Å². The van der Waals surface area contributed by atoms with E-state index in [0.717, 1.165) is 31.7 Å². The van der Waals surface area contributed by atoms with Crippen LogP contribution in [0.25, 0.3) is 0 Å². The lowest BCUT2D eigenvalue weighted by atomic mass is 10.1. The van der Waals surface area contributed by atoms with Crippen LogP contribution in [0, 0.1) is 0 Å². The van der Waals surface area contributed by atoms with E-state index in [-0.39, 0.29) is 5.78 Å². The van der Waals surface area contributed by atoms with Gasteiger partial charge in [-0.2, -0.15) is 0 Å². The molecule has 1 fully saturated rings. The monoisotopic (exact) mass is 247 g/mol. The summed E-state index contributed by atoms with van der Waals surface area (Å²) in [6.45, 7) is 6.59. The summed E-state index contributed by atoms with van der Waals surface area (Å²) in [6, 6.07) is 8.42. The van der Waals surface area contributed by atoms with Crippen LogP contribution in [0.4, 0.5) is 5.69 Å². The average Bonchev–Trinajstić information content (AvgIpc) is 2.46. The number of rotatable bonds is 4. The Morgan fingerprint density at radius 3 is 2.67 bits per heavy atom. The molecule has 0 amide bonds. The number of carbonyl (C=O) groups is 1. The highest BCUT2D eigenvalue weighted by Gasteiger charge is 2.21. The van der Waals surface area contributed by atoms with Crippen molar-refractivity contribution in [3.63, 3.8) is 0 Å². The number of ether oxygens (including phenoxy) is 1. The number of morpholine rings is 1. The van der Waals surface area contributed by atoms with E-state index in [1.165, 1.54) is 5.69 Å². The lowest BCUT2D eigenvalue weighted by Gasteiger charge is -2.37. The highest BCUT2D eigenvalue weighted by molar-refractivity contribution is 5.96. The molecule has 1 aromatic rings. The van der Waals surface area contributed by atoms with E-state index in [0.29, 0.717) is 12.5 Å². The van der Waals surface area contributed by atoms with Crippen LogP contribution in [0.5, 0.6) is 0 Å². The van der Waals surface area contributed by atoms with Crippen molar-refractivity contribution in [3.05, 3.63) is 29.8 Å². The lowest BCUT2D eigenvalue weighted by molar-refractivity contribution is 0.0929.